The van der Waals surface area contributed by atoms with Crippen LogP contribution in [0.5, 0.6) is 0 Å². The molecule has 2 atom stereocenters. The molecule has 1 aromatic rings. The summed E-state index contributed by atoms with van der Waals surface area (Å²) in [7, 11) is 0. The molecule has 1 aromatic carbocycles. The van der Waals surface area contributed by atoms with Gasteiger partial charge >= 0.3 is 0 Å². The lowest BCUT2D eigenvalue weighted by atomic mass is 10.2. The van der Waals surface area contributed by atoms with Crippen LogP contribution in [0, 0.1) is 0 Å². The SMILES string of the molecule is CC1CCC(CSc2ccc(CNC3CC3)cc2)O1. The number of thioether (sulfide) groups is 1. The Morgan fingerprint density at radius 2 is 1.95 bits per heavy atom. The predicted octanol–water partition coefficient (Wildman–Crippen LogP) is 3.60. The smallest absolute Gasteiger partial charge is 0.0673 e. The van der Waals surface area contributed by atoms with Gasteiger partial charge in [0.2, 0.25) is 0 Å². The maximum absolute atomic E-state index is 5.85. The fraction of sp³-hybridized carbons (Fsp3) is 0.625. The fourth-order valence-corrected chi connectivity index (χ4v) is 3.40. The van der Waals surface area contributed by atoms with E-state index in [1.165, 1.54) is 36.1 Å². The lowest BCUT2D eigenvalue weighted by Gasteiger charge is -2.11. The Morgan fingerprint density at radius 1 is 1.16 bits per heavy atom. The highest BCUT2D eigenvalue weighted by molar-refractivity contribution is 7.99. The zero-order valence-electron chi connectivity index (χ0n) is 11.6. The Morgan fingerprint density at radius 3 is 2.58 bits per heavy atom. The molecule has 0 spiro atoms. The molecule has 0 bridgehead atoms. The highest BCUT2D eigenvalue weighted by atomic mass is 32.2. The third kappa shape index (κ3) is 4.23. The largest absolute Gasteiger partial charge is 0.374 e. The standard InChI is InChI=1S/C16H23NOS/c1-12-2-7-15(18-12)11-19-16-8-3-13(4-9-16)10-17-14-5-6-14/h3-4,8-9,12,14-15,17H,2,5-7,10-11H2,1H3. The van der Waals surface area contributed by atoms with Gasteiger partial charge in [-0.05, 0) is 50.3 Å². The van der Waals surface area contributed by atoms with Crippen molar-refractivity contribution < 1.29 is 4.74 Å². The summed E-state index contributed by atoms with van der Waals surface area (Å²) in [6.07, 6.45) is 6.06. The Labute approximate surface area is 120 Å². The summed E-state index contributed by atoms with van der Waals surface area (Å²) in [6.45, 7) is 3.19. The molecule has 2 nitrogen and oxygen atoms in total. The van der Waals surface area contributed by atoms with E-state index in [4.69, 9.17) is 4.74 Å². The van der Waals surface area contributed by atoms with Gasteiger partial charge in [-0.3, -0.25) is 0 Å². The summed E-state index contributed by atoms with van der Waals surface area (Å²) >= 11 is 1.92. The molecule has 2 fully saturated rings. The van der Waals surface area contributed by atoms with Crippen LogP contribution in [0.25, 0.3) is 0 Å². The number of hydrogen-bond acceptors (Lipinski definition) is 3. The second-order valence-electron chi connectivity index (χ2n) is 5.76. The van der Waals surface area contributed by atoms with Crippen molar-refractivity contribution in [2.45, 2.75) is 62.3 Å². The van der Waals surface area contributed by atoms with Gasteiger partial charge in [-0.15, -0.1) is 11.8 Å². The first-order valence-electron chi connectivity index (χ1n) is 7.40. The molecule has 1 N–H and O–H groups in total. The maximum atomic E-state index is 5.85. The molecule has 3 rings (SSSR count). The highest BCUT2D eigenvalue weighted by Crippen LogP contribution is 2.26. The summed E-state index contributed by atoms with van der Waals surface area (Å²) in [5, 5.41) is 3.55. The van der Waals surface area contributed by atoms with Crippen LogP contribution in [0.3, 0.4) is 0 Å². The average Bonchev–Trinajstić information content (AvgIpc) is 3.17. The lowest BCUT2D eigenvalue weighted by molar-refractivity contribution is 0.0700. The fourth-order valence-electron chi connectivity index (χ4n) is 2.45. The van der Waals surface area contributed by atoms with Crippen LogP contribution >= 0.6 is 11.8 Å². The minimum absolute atomic E-state index is 0.455. The minimum atomic E-state index is 0.455. The first-order chi connectivity index (χ1) is 9.29. The molecule has 1 saturated heterocycles. The molecular formula is C16H23NOS. The van der Waals surface area contributed by atoms with E-state index in [0.29, 0.717) is 12.2 Å². The summed E-state index contributed by atoms with van der Waals surface area (Å²) in [4.78, 5) is 1.36. The Hall–Kier alpha value is -0.510. The number of ether oxygens (including phenoxy) is 1. The van der Waals surface area contributed by atoms with Crippen LogP contribution in [0.1, 0.15) is 38.2 Å². The van der Waals surface area contributed by atoms with Crippen molar-refractivity contribution in [3.05, 3.63) is 29.8 Å². The van der Waals surface area contributed by atoms with Gasteiger partial charge in [0.25, 0.3) is 0 Å². The zero-order chi connectivity index (χ0) is 13.1. The van der Waals surface area contributed by atoms with E-state index in [0.717, 1.165) is 18.3 Å². The van der Waals surface area contributed by atoms with Crippen LogP contribution in [0.4, 0.5) is 0 Å². The van der Waals surface area contributed by atoms with Gasteiger partial charge < -0.3 is 10.1 Å². The Balaban J connectivity index is 1.42. The van der Waals surface area contributed by atoms with Crippen LogP contribution in [0.15, 0.2) is 29.2 Å². The van der Waals surface area contributed by atoms with Gasteiger partial charge in [0.05, 0.1) is 12.2 Å². The van der Waals surface area contributed by atoms with Crippen LogP contribution < -0.4 is 5.32 Å². The topological polar surface area (TPSA) is 21.3 Å². The molecule has 1 aliphatic heterocycles. The van der Waals surface area contributed by atoms with Crippen molar-refractivity contribution in [2.75, 3.05) is 5.75 Å². The predicted molar refractivity (Wildman–Crippen MR) is 80.6 cm³/mol. The summed E-state index contributed by atoms with van der Waals surface area (Å²) in [6, 6.07) is 9.77. The van der Waals surface area contributed by atoms with Gasteiger partial charge in [-0.25, -0.2) is 0 Å². The molecule has 1 heterocycles. The molecule has 19 heavy (non-hydrogen) atoms. The van der Waals surface area contributed by atoms with E-state index in [1.807, 2.05) is 11.8 Å². The first kappa shape index (κ1) is 13.5. The van der Waals surface area contributed by atoms with Crippen molar-refractivity contribution >= 4 is 11.8 Å². The molecule has 2 unspecified atom stereocenters. The molecule has 0 radical (unpaired) electrons. The molecule has 104 valence electrons. The number of rotatable bonds is 6. The van der Waals surface area contributed by atoms with Crippen molar-refractivity contribution in [3.8, 4) is 0 Å². The van der Waals surface area contributed by atoms with Gasteiger partial charge in [-0.1, -0.05) is 12.1 Å². The normalized spacial score (nSPS) is 26.8. The summed E-state index contributed by atoms with van der Waals surface area (Å²) in [5.74, 6) is 1.09. The quantitative estimate of drug-likeness (QED) is 0.803. The van der Waals surface area contributed by atoms with Gasteiger partial charge in [0.15, 0.2) is 0 Å². The Kier molecular flexibility index (Phi) is 4.46. The molecule has 1 saturated carbocycles. The van der Waals surface area contributed by atoms with Crippen molar-refractivity contribution in [3.63, 3.8) is 0 Å². The average molecular weight is 277 g/mol. The third-order valence-corrected chi connectivity index (χ3v) is 5.00. The Bertz CT molecular complexity index is 402. The van der Waals surface area contributed by atoms with E-state index in [1.54, 1.807) is 0 Å². The van der Waals surface area contributed by atoms with Crippen LogP contribution in [0.2, 0.25) is 0 Å². The minimum Gasteiger partial charge on any atom is -0.374 e. The van der Waals surface area contributed by atoms with Gasteiger partial charge in [-0.2, -0.15) is 0 Å². The summed E-state index contributed by atoms with van der Waals surface area (Å²) < 4.78 is 5.85. The first-order valence-corrected chi connectivity index (χ1v) is 8.39. The zero-order valence-corrected chi connectivity index (χ0v) is 12.4. The third-order valence-electron chi connectivity index (χ3n) is 3.85. The highest BCUT2D eigenvalue weighted by Gasteiger charge is 2.21. The van der Waals surface area contributed by atoms with Crippen molar-refractivity contribution in [1.29, 1.82) is 0 Å². The number of hydrogen-bond donors (Lipinski definition) is 1. The van der Waals surface area contributed by atoms with E-state index < -0.39 is 0 Å². The lowest BCUT2D eigenvalue weighted by Crippen LogP contribution is -2.15. The molecule has 2 aliphatic rings. The van der Waals surface area contributed by atoms with E-state index in [2.05, 4.69) is 36.5 Å². The van der Waals surface area contributed by atoms with E-state index >= 15 is 0 Å². The molecular weight excluding hydrogens is 254 g/mol. The van der Waals surface area contributed by atoms with E-state index in [-0.39, 0.29) is 0 Å². The van der Waals surface area contributed by atoms with Crippen molar-refractivity contribution in [1.82, 2.24) is 5.32 Å². The van der Waals surface area contributed by atoms with Crippen LogP contribution in [-0.4, -0.2) is 24.0 Å². The van der Waals surface area contributed by atoms with Gasteiger partial charge in [0, 0.05) is 23.2 Å². The molecule has 1 aliphatic carbocycles. The van der Waals surface area contributed by atoms with Gasteiger partial charge in [0.1, 0.15) is 0 Å². The second kappa shape index (κ2) is 6.29. The van der Waals surface area contributed by atoms with Crippen LogP contribution in [-0.2, 0) is 11.3 Å². The van der Waals surface area contributed by atoms with Crippen molar-refractivity contribution in [2.24, 2.45) is 0 Å². The second-order valence-corrected chi connectivity index (χ2v) is 6.85. The summed E-state index contributed by atoms with van der Waals surface area (Å²) in [5.41, 5.74) is 1.39. The van der Waals surface area contributed by atoms with E-state index in [9.17, 15) is 0 Å². The maximum Gasteiger partial charge on any atom is 0.0673 e. The number of benzene rings is 1. The molecule has 3 heteroatoms. The monoisotopic (exact) mass is 277 g/mol. The molecule has 0 amide bonds. The molecule has 0 aromatic heterocycles. The number of nitrogens with one attached hydrogen (secondary N) is 1.